The highest BCUT2D eigenvalue weighted by molar-refractivity contribution is 5.72. The van der Waals surface area contributed by atoms with E-state index in [1.165, 1.54) is 35.2 Å². The van der Waals surface area contributed by atoms with Crippen LogP contribution in [0.15, 0.2) is 104 Å². The van der Waals surface area contributed by atoms with Crippen LogP contribution in [0.4, 0.5) is 34.9 Å². The minimum Gasteiger partial charge on any atom is -0.369 e. The molecule has 4 atom stereocenters. The van der Waals surface area contributed by atoms with Gasteiger partial charge >= 0.3 is 0 Å². The molecule has 0 bridgehead atoms. The number of rotatable bonds is 13. The maximum absolute atomic E-state index is 5.32. The third-order valence-corrected chi connectivity index (χ3v) is 13.8. The maximum atomic E-state index is 5.32. The van der Waals surface area contributed by atoms with Gasteiger partial charge in [0.05, 0.1) is 36.6 Å². The van der Waals surface area contributed by atoms with E-state index in [-0.39, 0.29) is 24.2 Å². The van der Waals surface area contributed by atoms with Crippen LogP contribution in [-0.4, -0.2) is 81.7 Å². The molecule has 1 saturated heterocycles. The number of hydrogen-bond donors (Lipinski definition) is 3. The molecule has 332 valence electrons. The lowest BCUT2D eigenvalue weighted by Gasteiger charge is -2.41. The molecule has 4 aliphatic rings. The summed E-state index contributed by atoms with van der Waals surface area (Å²) in [5.74, 6) is 4.75. The summed E-state index contributed by atoms with van der Waals surface area (Å²) in [5, 5.41) is 28.8. The van der Waals surface area contributed by atoms with E-state index in [1.807, 2.05) is 29.4 Å². The first-order valence-corrected chi connectivity index (χ1v) is 23.4. The SMILES string of the molecule is CCC1c2nncn2-c2cnc(NC(C)c3ccccc3CCC3c4nncn4-c4cnc(NC(C)c5ccc(N6CCNCC6)cc5)nc4N3C3CCCC3)nc2N1c1ccccc1. The summed E-state index contributed by atoms with van der Waals surface area (Å²) in [7, 11) is 0. The average molecular weight is 869 g/mol. The Labute approximate surface area is 379 Å². The molecule has 7 heterocycles. The van der Waals surface area contributed by atoms with Crippen LogP contribution < -0.4 is 30.7 Å². The lowest BCUT2D eigenvalue weighted by atomic mass is 9.94. The van der Waals surface area contributed by atoms with Gasteiger partial charge in [0.25, 0.3) is 0 Å². The number of piperazine rings is 1. The molecule has 0 radical (unpaired) electrons. The normalized spacial score (nSPS) is 19.0. The van der Waals surface area contributed by atoms with Crippen molar-refractivity contribution in [3.8, 4) is 11.4 Å². The fraction of sp³-hybridized carbons (Fsp3) is 0.388. The number of aromatic nitrogens is 10. The second-order valence-corrected chi connectivity index (χ2v) is 17.7. The lowest BCUT2D eigenvalue weighted by molar-refractivity contribution is 0.456. The Balaban J connectivity index is 0.848. The van der Waals surface area contributed by atoms with Crippen LogP contribution in [0.1, 0.15) is 112 Å². The Morgan fingerprint density at radius 2 is 1.32 bits per heavy atom. The van der Waals surface area contributed by atoms with E-state index < -0.39 is 0 Å². The smallest absolute Gasteiger partial charge is 0.225 e. The van der Waals surface area contributed by atoms with Crippen LogP contribution in [0.5, 0.6) is 0 Å². The minimum atomic E-state index is -0.0752. The monoisotopic (exact) mass is 868 g/mol. The van der Waals surface area contributed by atoms with Crippen LogP contribution in [-0.2, 0) is 6.42 Å². The molecule has 4 aromatic heterocycles. The Morgan fingerprint density at radius 1 is 0.692 bits per heavy atom. The Bertz CT molecular complexity index is 2740. The Hall–Kier alpha value is -6.94. The predicted molar refractivity (Wildman–Crippen MR) is 253 cm³/mol. The highest BCUT2D eigenvalue weighted by atomic mass is 15.4. The topological polar surface area (TPSA) is 159 Å². The summed E-state index contributed by atoms with van der Waals surface area (Å²) >= 11 is 0. The molecule has 0 spiro atoms. The molecular formula is C49H56N16. The van der Waals surface area contributed by atoms with E-state index in [0.717, 1.165) is 98.6 Å². The maximum Gasteiger partial charge on any atom is 0.225 e. The minimum absolute atomic E-state index is 0.0200. The van der Waals surface area contributed by atoms with Gasteiger partial charge in [-0.1, -0.05) is 74.4 Å². The summed E-state index contributed by atoms with van der Waals surface area (Å²) in [5.41, 5.74) is 7.75. The molecule has 11 rings (SSSR count). The zero-order valence-electron chi connectivity index (χ0n) is 37.3. The van der Waals surface area contributed by atoms with E-state index in [1.54, 1.807) is 6.33 Å². The van der Waals surface area contributed by atoms with Gasteiger partial charge in [-0.3, -0.25) is 9.13 Å². The highest BCUT2D eigenvalue weighted by Crippen LogP contribution is 2.45. The zero-order chi connectivity index (χ0) is 43.9. The number of aryl methyl sites for hydroxylation is 1. The van der Waals surface area contributed by atoms with Gasteiger partial charge < -0.3 is 30.7 Å². The largest absolute Gasteiger partial charge is 0.369 e. The number of hydrogen-bond acceptors (Lipinski definition) is 14. The summed E-state index contributed by atoms with van der Waals surface area (Å²) in [4.78, 5) is 27.5. The molecule has 4 unspecified atom stereocenters. The average Bonchev–Trinajstić information content (AvgIpc) is 4.18. The molecule has 0 amide bonds. The molecule has 16 nitrogen and oxygen atoms in total. The summed E-state index contributed by atoms with van der Waals surface area (Å²) < 4.78 is 4.12. The van der Waals surface area contributed by atoms with E-state index in [2.05, 4.69) is 144 Å². The van der Waals surface area contributed by atoms with Crippen molar-refractivity contribution in [2.24, 2.45) is 0 Å². The number of para-hydroxylation sites is 1. The van der Waals surface area contributed by atoms with Gasteiger partial charge in [0.2, 0.25) is 11.9 Å². The fourth-order valence-electron chi connectivity index (χ4n) is 10.5. The number of benzene rings is 3. The quantitative estimate of drug-likeness (QED) is 0.102. The first kappa shape index (κ1) is 40.8. The Morgan fingerprint density at radius 3 is 2.03 bits per heavy atom. The Kier molecular flexibility index (Phi) is 11.0. The van der Waals surface area contributed by atoms with Crippen molar-refractivity contribution in [3.63, 3.8) is 0 Å². The molecule has 2 fully saturated rings. The molecule has 1 saturated carbocycles. The van der Waals surface area contributed by atoms with Crippen LogP contribution >= 0.6 is 0 Å². The molecule has 3 N–H and O–H groups in total. The zero-order valence-corrected chi connectivity index (χ0v) is 37.3. The van der Waals surface area contributed by atoms with E-state index in [4.69, 9.17) is 25.0 Å². The van der Waals surface area contributed by atoms with Crippen LogP contribution in [0.25, 0.3) is 11.4 Å². The van der Waals surface area contributed by atoms with Crippen molar-refractivity contribution in [2.45, 2.75) is 95.9 Å². The molecule has 1 aliphatic carbocycles. The van der Waals surface area contributed by atoms with Crippen molar-refractivity contribution >= 4 is 34.9 Å². The second-order valence-electron chi connectivity index (χ2n) is 17.7. The predicted octanol–water partition coefficient (Wildman–Crippen LogP) is 8.22. The lowest BCUT2D eigenvalue weighted by Crippen LogP contribution is -2.43. The van der Waals surface area contributed by atoms with Crippen LogP contribution in [0, 0.1) is 0 Å². The van der Waals surface area contributed by atoms with Gasteiger partial charge in [-0.15, -0.1) is 20.4 Å². The van der Waals surface area contributed by atoms with Gasteiger partial charge in [-0.2, -0.15) is 9.97 Å². The van der Waals surface area contributed by atoms with Crippen molar-refractivity contribution in [2.75, 3.05) is 51.5 Å². The van der Waals surface area contributed by atoms with E-state index in [9.17, 15) is 0 Å². The second kappa shape index (κ2) is 17.6. The number of anilines is 6. The van der Waals surface area contributed by atoms with Crippen LogP contribution in [0.2, 0.25) is 0 Å². The molecule has 7 aromatic rings. The van der Waals surface area contributed by atoms with Crippen molar-refractivity contribution in [1.82, 2.24) is 54.8 Å². The number of fused-ring (bicyclic) bond motifs is 6. The van der Waals surface area contributed by atoms with E-state index >= 15 is 0 Å². The summed E-state index contributed by atoms with van der Waals surface area (Å²) in [6.07, 6.45) is 14.5. The van der Waals surface area contributed by atoms with Gasteiger partial charge in [0.15, 0.2) is 23.3 Å². The number of nitrogens with zero attached hydrogens (tertiary/aromatic N) is 13. The van der Waals surface area contributed by atoms with Gasteiger partial charge in [0.1, 0.15) is 24.0 Å². The first-order chi connectivity index (χ1) is 32.0. The third-order valence-electron chi connectivity index (χ3n) is 13.8. The summed E-state index contributed by atoms with van der Waals surface area (Å²) in [6, 6.07) is 28.3. The molecule has 3 aromatic carbocycles. The van der Waals surface area contributed by atoms with Gasteiger partial charge in [-0.25, -0.2) is 9.97 Å². The third kappa shape index (κ3) is 7.68. The summed E-state index contributed by atoms with van der Waals surface area (Å²) in [6.45, 7) is 10.6. The fourth-order valence-corrected chi connectivity index (χ4v) is 10.5. The highest BCUT2D eigenvalue weighted by Gasteiger charge is 2.40. The van der Waals surface area contributed by atoms with Crippen LogP contribution in [0.3, 0.4) is 0 Å². The van der Waals surface area contributed by atoms with E-state index in [0.29, 0.717) is 17.9 Å². The van der Waals surface area contributed by atoms with Crippen molar-refractivity contribution in [1.29, 1.82) is 0 Å². The number of nitrogens with one attached hydrogen (secondary N) is 3. The van der Waals surface area contributed by atoms with Crippen molar-refractivity contribution in [3.05, 3.63) is 132 Å². The standard InChI is InChI=1S/C49H56N16/c1-4-40-46-59-53-30-62(46)42-28-52-49(57-44(42)64(40)37-13-6-5-7-14-37)56-33(3)39-17-11-8-12-35(39)20-23-41-47-60-54-31-63(47)43-29-51-48(58-45(43)65(41)38-15-9-10-16-38)55-32(2)34-18-21-36(22-19-34)61-26-24-50-25-27-61/h5-8,11-14,17-19,21-22,28-33,38,40-41,50H,4,9-10,15-16,20,23-27H2,1-3H3,(H,51,55,58)(H,52,56,57). The molecule has 65 heavy (non-hydrogen) atoms. The molecule has 16 heteroatoms. The molecule has 3 aliphatic heterocycles. The first-order valence-electron chi connectivity index (χ1n) is 23.4. The van der Waals surface area contributed by atoms with Crippen molar-refractivity contribution < 1.29 is 0 Å². The molecular weight excluding hydrogens is 813 g/mol. The van der Waals surface area contributed by atoms with Gasteiger partial charge in [-0.05, 0) is 86.9 Å². The van der Waals surface area contributed by atoms with Gasteiger partial charge in [0, 0.05) is 43.6 Å².